The van der Waals surface area contributed by atoms with E-state index in [0.29, 0.717) is 12.5 Å². The third-order valence-corrected chi connectivity index (χ3v) is 4.07. The van der Waals surface area contributed by atoms with Crippen molar-refractivity contribution in [1.82, 2.24) is 10.2 Å². The number of benzene rings is 2. The van der Waals surface area contributed by atoms with Gasteiger partial charge in [0, 0.05) is 17.7 Å². The molecule has 0 fully saturated rings. The van der Waals surface area contributed by atoms with Crippen LogP contribution in [0.25, 0.3) is 0 Å². The molecule has 0 saturated carbocycles. The second kappa shape index (κ2) is 7.14. The van der Waals surface area contributed by atoms with Gasteiger partial charge >= 0.3 is 0 Å². The molecule has 0 amide bonds. The van der Waals surface area contributed by atoms with Gasteiger partial charge in [0.2, 0.25) is 5.88 Å². The minimum absolute atomic E-state index is 0.535. The standard InChI is InChI=1S/C20H22N2O/c1-3-16-9-11-17(12-10-16)13-19-15(2)21-22-20(19)23-14-18-7-5-4-6-8-18/h4-12H,3,13-14H2,1-2H3,(H,21,22). The van der Waals surface area contributed by atoms with Gasteiger partial charge in [-0.2, -0.15) is 0 Å². The largest absolute Gasteiger partial charge is 0.472 e. The first-order chi connectivity index (χ1) is 11.3. The molecule has 3 nitrogen and oxygen atoms in total. The van der Waals surface area contributed by atoms with E-state index in [1.807, 2.05) is 25.1 Å². The Balaban J connectivity index is 1.73. The average Bonchev–Trinajstić information content (AvgIpc) is 2.95. The van der Waals surface area contributed by atoms with Crippen molar-refractivity contribution >= 4 is 0 Å². The lowest BCUT2D eigenvalue weighted by atomic mass is 10.0. The number of rotatable bonds is 6. The number of ether oxygens (including phenoxy) is 1. The summed E-state index contributed by atoms with van der Waals surface area (Å²) in [5.41, 5.74) is 5.97. The van der Waals surface area contributed by atoms with Crippen molar-refractivity contribution in [3.05, 3.63) is 82.5 Å². The Morgan fingerprint density at radius 3 is 2.30 bits per heavy atom. The summed E-state index contributed by atoms with van der Waals surface area (Å²) < 4.78 is 5.92. The molecule has 0 aliphatic carbocycles. The van der Waals surface area contributed by atoms with E-state index in [4.69, 9.17) is 4.74 Å². The second-order valence-electron chi connectivity index (χ2n) is 5.75. The highest BCUT2D eigenvalue weighted by molar-refractivity contribution is 5.36. The van der Waals surface area contributed by atoms with Crippen LogP contribution < -0.4 is 4.74 Å². The molecule has 0 spiro atoms. The van der Waals surface area contributed by atoms with E-state index in [9.17, 15) is 0 Å². The van der Waals surface area contributed by atoms with Crippen molar-refractivity contribution < 1.29 is 4.74 Å². The first-order valence-electron chi connectivity index (χ1n) is 8.04. The molecule has 23 heavy (non-hydrogen) atoms. The van der Waals surface area contributed by atoms with Crippen molar-refractivity contribution in [2.45, 2.75) is 33.3 Å². The number of hydrogen-bond donors (Lipinski definition) is 1. The molecular formula is C20H22N2O. The maximum absolute atomic E-state index is 5.92. The van der Waals surface area contributed by atoms with Crippen molar-refractivity contribution in [3.63, 3.8) is 0 Å². The topological polar surface area (TPSA) is 37.9 Å². The van der Waals surface area contributed by atoms with E-state index in [1.54, 1.807) is 0 Å². The molecule has 2 aromatic carbocycles. The minimum Gasteiger partial charge on any atom is -0.472 e. The number of aromatic nitrogens is 2. The lowest BCUT2D eigenvalue weighted by molar-refractivity contribution is 0.291. The summed E-state index contributed by atoms with van der Waals surface area (Å²) in [5.74, 6) is 0.700. The monoisotopic (exact) mass is 306 g/mol. The number of nitrogens with one attached hydrogen (secondary N) is 1. The van der Waals surface area contributed by atoms with Crippen LogP contribution >= 0.6 is 0 Å². The normalized spacial score (nSPS) is 10.7. The molecule has 0 saturated heterocycles. The van der Waals surface area contributed by atoms with Gasteiger partial charge in [0.15, 0.2) is 0 Å². The lowest BCUT2D eigenvalue weighted by Crippen LogP contribution is -1.99. The molecule has 0 bridgehead atoms. The molecule has 3 aromatic rings. The van der Waals surface area contributed by atoms with Crippen LogP contribution in [0, 0.1) is 6.92 Å². The van der Waals surface area contributed by atoms with Gasteiger partial charge in [-0.25, -0.2) is 0 Å². The van der Waals surface area contributed by atoms with Crippen molar-refractivity contribution in [2.75, 3.05) is 0 Å². The van der Waals surface area contributed by atoms with E-state index in [2.05, 4.69) is 53.5 Å². The Hall–Kier alpha value is -2.55. The highest BCUT2D eigenvalue weighted by atomic mass is 16.5. The molecule has 0 aliphatic rings. The summed E-state index contributed by atoms with van der Waals surface area (Å²) in [6, 6.07) is 18.9. The Bertz CT molecular complexity index is 745. The van der Waals surface area contributed by atoms with E-state index in [-0.39, 0.29) is 0 Å². The molecule has 0 unspecified atom stereocenters. The van der Waals surface area contributed by atoms with Crippen molar-refractivity contribution in [3.8, 4) is 5.88 Å². The fraction of sp³-hybridized carbons (Fsp3) is 0.250. The number of H-pyrrole nitrogens is 1. The quantitative estimate of drug-likeness (QED) is 0.730. The van der Waals surface area contributed by atoms with Gasteiger partial charge in [-0.3, -0.25) is 5.10 Å². The Kier molecular flexibility index (Phi) is 4.77. The number of nitrogens with zero attached hydrogens (tertiary/aromatic N) is 1. The first-order valence-corrected chi connectivity index (χ1v) is 8.04. The molecular weight excluding hydrogens is 284 g/mol. The zero-order chi connectivity index (χ0) is 16.1. The van der Waals surface area contributed by atoms with Crippen LogP contribution in [-0.4, -0.2) is 10.2 Å². The van der Waals surface area contributed by atoms with Crippen LogP contribution in [0.5, 0.6) is 5.88 Å². The third kappa shape index (κ3) is 3.81. The molecule has 0 radical (unpaired) electrons. The minimum atomic E-state index is 0.535. The molecule has 1 heterocycles. The van der Waals surface area contributed by atoms with Crippen molar-refractivity contribution in [2.24, 2.45) is 0 Å². The van der Waals surface area contributed by atoms with Crippen LogP contribution in [0.15, 0.2) is 54.6 Å². The van der Waals surface area contributed by atoms with E-state index >= 15 is 0 Å². The Labute approximate surface area is 137 Å². The Morgan fingerprint density at radius 1 is 0.913 bits per heavy atom. The summed E-state index contributed by atoms with van der Waals surface area (Å²) in [6.45, 7) is 4.75. The van der Waals surface area contributed by atoms with Gasteiger partial charge in [-0.05, 0) is 30.0 Å². The van der Waals surface area contributed by atoms with Gasteiger partial charge in [-0.1, -0.05) is 61.5 Å². The summed E-state index contributed by atoms with van der Waals surface area (Å²) in [6.07, 6.45) is 1.90. The van der Waals surface area contributed by atoms with Crippen LogP contribution in [0.3, 0.4) is 0 Å². The maximum atomic E-state index is 5.92. The smallest absolute Gasteiger partial charge is 0.236 e. The lowest BCUT2D eigenvalue weighted by Gasteiger charge is -2.07. The number of hydrogen-bond acceptors (Lipinski definition) is 2. The first kappa shape index (κ1) is 15.3. The third-order valence-electron chi connectivity index (χ3n) is 4.07. The zero-order valence-electron chi connectivity index (χ0n) is 13.7. The summed E-state index contributed by atoms with van der Waals surface area (Å²) >= 11 is 0. The van der Waals surface area contributed by atoms with Crippen molar-refractivity contribution in [1.29, 1.82) is 0 Å². The maximum Gasteiger partial charge on any atom is 0.236 e. The number of aryl methyl sites for hydroxylation is 2. The molecule has 1 N–H and O–H groups in total. The van der Waals surface area contributed by atoms with E-state index < -0.39 is 0 Å². The van der Waals surface area contributed by atoms with E-state index in [0.717, 1.165) is 29.7 Å². The van der Waals surface area contributed by atoms with Gasteiger partial charge < -0.3 is 4.74 Å². The summed E-state index contributed by atoms with van der Waals surface area (Å²) in [7, 11) is 0. The molecule has 3 rings (SSSR count). The highest BCUT2D eigenvalue weighted by Crippen LogP contribution is 2.23. The summed E-state index contributed by atoms with van der Waals surface area (Å²) in [4.78, 5) is 0. The van der Waals surface area contributed by atoms with Gasteiger partial charge in [-0.15, -0.1) is 5.10 Å². The molecule has 0 atom stereocenters. The predicted octanol–water partition coefficient (Wildman–Crippen LogP) is 4.45. The molecule has 1 aromatic heterocycles. The van der Waals surface area contributed by atoms with Crippen LogP contribution in [-0.2, 0) is 19.4 Å². The van der Waals surface area contributed by atoms with Crippen LogP contribution in [0.4, 0.5) is 0 Å². The van der Waals surface area contributed by atoms with Crippen LogP contribution in [0.1, 0.15) is 34.9 Å². The van der Waals surface area contributed by atoms with E-state index in [1.165, 1.54) is 11.1 Å². The van der Waals surface area contributed by atoms with Gasteiger partial charge in [0.25, 0.3) is 0 Å². The molecule has 0 aliphatic heterocycles. The summed E-state index contributed by atoms with van der Waals surface area (Å²) in [5, 5.41) is 7.35. The SMILES string of the molecule is CCc1ccc(Cc2c(OCc3ccccc3)n[nH]c2C)cc1. The average molecular weight is 306 g/mol. The van der Waals surface area contributed by atoms with Crippen LogP contribution in [0.2, 0.25) is 0 Å². The fourth-order valence-corrected chi connectivity index (χ4v) is 2.58. The highest BCUT2D eigenvalue weighted by Gasteiger charge is 2.12. The predicted molar refractivity (Wildman–Crippen MR) is 92.7 cm³/mol. The number of aromatic amines is 1. The Morgan fingerprint density at radius 2 is 1.61 bits per heavy atom. The zero-order valence-corrected chi connectivity index (χ0v) is 13.7. The fourth-order valence-electron chi connectivity index (χ4n) is 2.58. The second-order valence-corrected chi connectivity index (χ2v) is 5.75. The molecule has 118 valence electrons. The molecule has 3 heteroatoms. The van der Waals surface area contributed by atoms with Gasteiger partial charge in [0.05, 0.1) is 0 Å². The van der Waals surface area contributed by atoms with Gasteiger partial charge in [0.1, 0.15) is 6.61 Å².